The molecule has 1 unspecified atom stereocenters. The molecular weight excluding hydrogens is 254 g/mol. The fourth-order valence-corrected chi connectivity index (χ4v) is 2.65. The van der Waals surface area contributed by atoms with E-state index in [0.29, 0.717) is 25.3 Å². The predicted molar refractivity (Wildman–Crippen MR) is 68.7 cm³/mol. The highest BCUT2D eigenvalue weighted by Gasteiger charge is 2.23. The van der Waals surface area contributed by atoms with Crippen molar-refractivity contribution in [3.8, 4) is 11.5 Å². The third kappa shape index (κ3) is 3.36. The van der Waals surface area contributed by atoms with E-state index >= 15 is 0 Å². The molecule has 5 nitrogen and oxygen atoms in total. The van der Waals surface area contributed by atoms with Crippen LogP contribution in [0.4, 0.5) is 0 Å². The highest BCUT2D eigenvalue weighted by molar-refractivity contribution is 7.90. The van der Waals surface area contributed by atoms with Gasteiger partial charge < -0.3 is 15.2 Å². The molecule has 0 saturated heterocycles. The molecule has 1 aromatic carbocycles. The van der Waals surface area contributed by atoms with E-state index in [4.69, 9.17) is 4.74 Å². The van der Waals surface area contributed by atoms with E-state index in [9.17, 15) is 13.5 Å². The first-order valence-corrected chi connectivity index (χ1v) is 7.88. The van der Waals surface area contributed by atoms with Gasteiger partial charge in [0, 0.05) is 17.9 Å². The molecule has 1 aliphatic rings. The summed E-state index contributed by atoms with van der Waals surface area (Å²) in [5.41, 5.74) is 1.01. The number of rotatable bonds is 5. The van der Waals surface area contributed by atoms with E-state index in [1.807, 2.05) is 6.07 Å². The van der Waals surface area contributed by atoms with Crippen LogP contribution in [-0.2, 0) is 9.84 Å². The number of benzene rings is 1. The summed E-state index contributed by atoms with van der Waals surface area (Å²) in [6, 6.07) is 5.11. The predicted octanol–water partition coefficient (Wildman–Crippen LogP) is 0.850. The zero-order valence-corrected chi connectivity index (χ0v) is 11.0. The number of nitrogens with one attached hydrogen (secondary N) is 1. The molecule has 0 spiro atoms. The number of phenols is 1. The van der Waals surface area contributed by atoms with Gasteiger partial charge in [-0.1, -0.05) is 0 Å². The highest BCUT2D eigenvalue weighted by atomic mass is 32.2. The molecule has 0 saturated carbocycles. The average molecular weight is 271 g/mol. The van der Waals surface area contributed by atoms with Crippen LogP contribution in [0.2, 0.25) is 0 Å². The molecule has 0 aliphatic carbocycles. The fourth-order valence-electron chi connectivity index (χ4n) is 1.98. The molecule has 0 fully saturated rings. The number of aromatic hydroxyl groups is 1. The van der Waals surface area contributed by atoms with Crippen molar-refractivity contribution in [3.05, 3.63) is 23.8 Å². The molecule has 2 rings (SSSR count). The molecule has 18 heavy (non-hydrogen) atoms. The molecular formula is C12H17NO4S. The van der Waals surface area contributed by atoms with Gasteiger partial charge in [-0.25, -0.2) is 8.42 Å². The van der Waals surface area contributed by atoms with Crippen LogP contribution in [0.3, 0.4) is 0 Å². The Kier molecular flexibility index (Phi) is 3.77. The van der Waals surface area contributed by atoms with Gasteiger partial charge in [0.1, 0.15) is 27.9 Å². The summed E-state index contributed by atoms with van der Waals surface area (Å²) in [7, 11) is -2.89. The molecule has 1 atom stereocenters. The lowest BCUT2D eigenvalue weighted by molar-refractivity contribution is 0.310. The highest BCUT2D eigenvalue weighted by Crippen LogP contribution is 2.34. The van der Waals surface area contributed by atoms with Crippen LogP contribution in [0, 0.1) is 0 Å². The second-order valence-corrected chi connectivity index (χ2v) is 6.78. The van der Waals surface area contributed by atoms with E-state index in [1.54, 1.807) is 12.1 Å². The molecule has 2 N–H and O–H groups in total. The zero-order valence-electron chi connectivity index (χ0n) is 10.2. The van der Waals surface area contributed by atoms with Crippen molar-refractivity contribution < 1.29 is 18.3 Å². The summed E-state index contributed by atoms with van der Waals surface area (Å²) in [5, 5.41) is 12.6. The van der Waals surface area contributed by atoms with Crippen LogP contribution in [0.1, 0.15) is 18.0 Å². The Morgan fingerprint density at radius 3 is 3.00 bits per heavy atom. The number of hydrogen-bond acceptors (Lipinski definition) is 5. The first-order chi connectivity index (χ1) is 8.46. The van der Waals surface area contributed by atoms with Crippen LogP contribution >= 0.6 is 0 Å². The summed E-state index contributed by atoms with van der Waals surface area (Å²) >= 11 is 0. The molecule has 0 radical (unpaired) electrons. The first kappa shape index (κ1) is 13.2. The minimum Gasteiger partial charge on any atom is -0.508 e. The smallest absolute Gasteiger partial charge is 0.147 e. The van der Waals surface area contributed by atoms with Crippen molar-refractivity contribution in [2.45, 2.75) is 12.5 Å². The second kappa shape index (κ2) is 5.16. The number of sulfone groups is 1. The Morgan fingerprint density at radius 2 is 2.28 bits per heavy atom. The van der Waals surface area contributed by atoms with Crippen molar-refractivity contribution in [2.75, 3.05) is 25.2 Å². The number of ether oxygens (including phenoxy) is 1. The van der Waals surface area contributed by atoms with Gasteiger partial charge in [-0.15, -0.1) is 0 Å². The van der Waals surface area contributed by atoms with Gasteiger partial charge in [-0.3, -0.25) is 0 Å². The van der Waals surface area contributed by atoms with Gasteiger partial charge in [-0.05, 0) is 25.1 Å². The van der Waals surface area contributed by atoms with Gasteiger partial charge in [-0.2, -0.15) is 0 Å². The molecule has 1 aromatic rings. The monoisotopic (exact) mass is 271 g/mol. The van der Waals surface area contributed by atoms with Crippen molar-refractivity contribution >= 4 is 9.84 Å². The topological polar surface area (TPSA) is 75.6 Å². The Labute approximate surface area is 107 Å². The van der Waals surface area contributed by atoms with Crippen molar-refractivity contribution in [1.29, 1.82) is 0 Å². The van der Waals surface area contributed by atoms with Gasteiger partial charge in [0.05, 0.1) is 11.8 Å². The number of fused-ring (bicyclic) bond motifs is 1. The average Bonchev–Trinajstić information content (AvgIpc) is 2.65. The van der Waals surface area contributed by atoms with Gasteiger partial charge in [0.2, 0.25) is 0 Å². The van der Waals surface area contributed by atoms with Crippen molar-refractivity contribution in [1.82, 2.24) is 5.32 Å². The van der Waals surface area contributed by atoms with Gasteiger partial charge >= 0.3 is 0 Å². The Hall–Kier alpha value is -1.27. The van der Waals surface area contributed by atoms with Crippen molar-refractivity contribution in [3.63, 3.8) is 0 Å². The van der Waals surface area contributed by atoms with Crippen LogP contribution in [0.5, 0.6) is 11.5 Å². The minimum atomic E-state index is -2.89. The fraction of sp³-hybridized carbons (Fsp3) is 0.500. The zero-order chi connectivity index (χ0) is 13.2. The summed E-state index contributed by atoms with van der Waals surface area (Å²) in [6.07, 6.45) is 1.83. The Balaban J connectivity index is 1.87. The summed E-state index contributed by atoms with van der Waals surface area (Å²) in [4.78, 5) is 0. The lowest BCUT2D eigenvalue weighted by Gasteiger charge is -2.11. The molecule has 0 aromatic heterocycles. The largest absolute Gasteiger partial charge is 0.508 e. The van der Waals surface area contributed by atoms with Crippen LogP contribution < -0.4 is 10.1 Å². The molecule has 0 amide bonds. The van der Waals surface area contributed by atoms with Crippen LogP contribution in [0.15, 0.2) is 18.2 Å². The lowest BCUT2D eigenvalue weighted by Crippen LogP contribution is -2.24. The van der Waals surface area contributed by atoms with E-state index in [2.05, 4.69) is 5.32 Å². The molecule has 1 aliphatic heterocycles. The van der Waals surface area contributed by atoms with E-state index < -0.39 is 9.84 Å². The van der Waals surface area contributed by atoms with Crippen molar-refractivity contribution in [2.24, 2.45) is 0 Å². The van der Waals surface area contributed by atoms with E-state index in [0.717, 1.165) is 5.56 Å². The number of hydrogen-bond donors (Lipinski definition) is 2. The van der Waals surface area contributed by atoms with Gasteiger partial charge in [0.15, 0.2) is 0 Å². The molecule has 6 heteroatoms. The Morgan fingerprint density at radius 1 is 1.50 bits per heavy atom. The molecule has 0 bridgehead atoms. The standard InChI is InChI=1S/C12H17NO4S/c1-18(15,16)6-2-5-13-11-8-17-12-7-9(14)3-4-10(11)12/h3-4,7,11,13-14H,2,5-6,8H2,1H3. The quantitative estimate of drug-likeness (QED) is 0.777. The first-order valence-electron chi connectivity index (χ1n) is 5.82. The lowest BCUT2D eigenvalue weighted by atomic mass is 10.1. The third-order valence-electron chi connectivity index (χ3n) is 2.86. The van der Waals surface area contributed by atoms with Crippen LogP contribution in [-0.4, -0.2) is 38.7 Å². The Bertz CT molecular complexity index is 527. The SMILES string of the molecule is CS(=O)(=O)CCCNC1COc2cc(O)ccc21. The van der Waals surface area contributed by atoms with Crippen LogP contribution in [0.25, 0.3) is 0 Å². The molecule has 1 heterocycles. The van der Waals surface area contributed by atoms with E-state index in [1.165, 1.54) is 6.26 Å². The summed E-state index contributed by atoms with van der Waals surface area (Å²) in [6.45, 7) is 1.14. The number of phenolic OH excluding ortho intramolecular Hbond substituents is 1. The maximum atomic E-state index is 11.0. The molecule has 100 valence electrons. The van der Waals surface area contributed by atoms with Gasteiger partial charge in [0.25, 0.3) is 0 Å². The maximum Gasteiger partial charge on any atom is 0.147 e. The second-order valence-electron chi connectivity index (χ2n) is 4.52. The van der Waals surface area contributed by atoms with E-state index in [-0.39, 0.29) is 17.5 Å². The summed E-state index contributed by atoms with van der Waals surface area (Å²) in [5.74, 6) is 1.07. The maximum absolute atomic E-state index is 11.0. The normalized spacial score (nSPS) is 18.4. The third-order valence-corrected chi connectivity index (χ3v) is 3.89. The summed E-state index contributed by atoms with van der Waals surface area (Å²) < 4.78 is 27.4. The minimum absolute atomic E-state index is 0.0696.